The van der Waals surface area contributed by atoms with Crippen molar-refractivity contribution >= 4 is 27.5 Å². The van der Waals surface area contributed by atoms with Gasteiger partial charge in [0.2, 0.25) is 15.9 Å². The second-order valence-corrected chi connectivity index (χ2v) is 6.65. The minimum Gasteiger partial charge on any atom is -0.495 e. The first-order valence-corrected chi connectivity index (χ1v) is 8.41. The smallest absolute Gasteiger partial charge is 0.244 e. The summed E-state index contributed by atoms with van der Waals surface area (Å²) in [5, 5.41) is 2.78. The molecule has 2 aromatic rings. The van der Waals surface area contributed by atoms with Gasteiger partial charge in [-0.1, -0.05) is 11.6 Å². The monoisotopic (exact) mass is 358 g/mol. The summed E-state index contributed by atoms with van der Waals surface area (Å²) in [5.74, 6) is 0.210. The number of benzene rings is 1. The largest absolute Gasteiger partial charge is 0.495 e. The van der Waals surface area contributed by atoms with Crippen LogP contribution in [-0.4, -0.2) is 28.0 Å². The topological polar surface area (TPSA) is 97.6 Å². The van der Waals surface area contributed by atoms with Crippen molar-refractivity contribution in [1.82, 2.24) is 10.0 Å². The van der Waals surface area contributed by atoms with E-state index in [-0.39, 0.29) is 22.2 Å². The standard InChI is InChI=1S/C14H15ClN2O5S/c1-21-12-5-4-10(15)7-13(12)23(19,20)17-9-14(18)16-8-11-3-2-6-22-11/h2-7,17H,8-9H2,1H3,(H,16,18). The van der Waals surface area contributed by atoms with E-state index >= 15 is 0 Å². The first kappa shape index (κ1) is 17.3. The maximum absolute atomic E-state index is 12.3. The molecule has 0 aliphatic rings. The van der Waals surface area contributed by atoms with E-state index in [4.69, 9.17) is 20.8 Å². The van der Waals surface area contributed by atoms with Gasteiger partial charge >= 0.3 is 0 Å². The van der Waals surface area contributed by atoms with Crippen molar-refractivity contribution in [3.05, 3.63) is 47.4 Å². The average Bonchev–Trinajstić information content (AvgIpc) is 3.04. The van der Waals surface area contributed by atoms with Gasteiger partial charge in [-0.15, -0.1) is 0 Å². The number of hydrogen-bond donors (Lipinski definition) is 2. The Morgan fingerprint density at radius 1 is 1.35 bits per heavy atom. The fourth-order valence-electron chi connectivity index (χ4n) is 1.76. The van der Waals surface area contributed by atoms with Crippen LogP contribution in [0.1, 0.15) is 5.76 Å². The highest BCUT2D eigenvalue weighted by atomic mass is 35.5. The Morgan fingerprint density at radius 2 is 2.13 bits per heavy atom. The molecule has 1 heterocycles. The summed E-state index contributed by atoms with van der Waals surface area (Å²) in [6.45, 7) is -0.243. The van der Waals surface area contributed by atoms with E-state index < -0.39 is 22.5 Å². The van der Waals surface area contributed by atoms with Gasteiger partial charge in [0, 0.05) is 5.02 Å². The quantitative estimate of drug-likeness (QED) is 0.782. The highest BCUT2D eigenvalue weighted by Crippen LogP contribution is 2.26. The Kier molecular flexibility index (Phi) is 5.64. The number of amides is 1. The number of furan rings is 1. The van der Waals surface area contributed by atoms with Gasteiger partial charge in [-0.3, -0.25) is 4.79 Å². The number of methoxy groups -OCH3 is 1. The molecule has 2 N–H and O–H groups in total. The predicted molar refractivity (Wildman–Crippen MR) is 83.7 cm³/mol. The molecular weight excluding hydrogens is 344 g/mol. The van der Waals surface area contributed by atoms with Crippen LogP contribution in [0, 0.1) is 0 Å². The van der Waals surface area contributed by atoms with Crippen molar-refractivity contribution in [3.8, 4) is 5.75 Å². The van der Waals surface area contributed by atoms with Crippen LogP contribution in [0.2, 0.25) is 5.02 Å². The molecule has 1 aromatic heterocycles. The van der Waals surface area contributed by atoms with Crippen LogP contribution in [0.15, 0.2) is 45.9 Å². The van der Waals surface area contributed by atoms with E-state index in [1.54, 1.807) is 12.1 Å². The van der Waals surface area contributed by atoms with Crippen LogP contribution in [0.4, 0.5) is 0 Å². The molecule has 0 fully saturated rings. The van der Waals surface area contributed by atoms with Crippen molar-refractivity contribution in [1.29, 1.82) is 0 Å². The predicted octanol–water partition coefficient (Wildman–Crippen LogP) is 1.54. The highest BCUT2D eigenvalue weighted by molar-refractivity contribution is 7.89. The zero-order chi connectivity index (χ0) is 16.9. The normalized spacial score (nSPS) is 11.2. The fourth-order valence-corrected chi connectivity index (χ4v) is 3.17. The molecule has 0 radical (unpaired) electrons. The lowest BCUT2D eigenvalue weighted by Crippen LogP contribution is -2.36. The molecule has 1 aromatic carbocycles. The summed E-state index contributed by atoms with van der Waals surface area (Å²) in [4.78, 5) is 11.6. The minimum absolute atomic E-state index is 0.133. The molecule has 0 saturated heterocycles. The van der Waals surface area contributed by atoms with E-state index in [1.807, 2.05) is 0 Å². The molecule has 1 amide bonds. The van der Waals surface area contributed by atoms with Gasteiger partial charge in [0.25, 0.3) is 0 Å². The molecule has 0 bridgehead atoms. The first-order valence-electron chi connectivity index (χ1n) is 6.54. The lowest BCUT2D eigenvalue weighted by atomic mass is 10.3. The van der Waals surface area contributed by atoms with Crippen molar-refractivity contribution in [2.75, 3.05) is 13.7 Å². The molecule has 124 valence electrons. The summed E-state index contributed by atoms with van der Waals surface area (Å²) in [7, 11) is -2.59. The van der Waals surface area contributed by atoms with Crippen LogP contribution in [-0.2, 0) is 21.4 Å². The fraction of sp³-hybridized carbons (Fsp3) is 0.214. The molecule has 23 heavy (non-hydrogen) atoms. The zero-order valence-corrected chi connectivity index (χ0v) is 13.8. The third-order valence-electron chi connectivity index (χ3n) is 2.88. The van der Waals surface area contributed by atoms with Crippen molar-refractivity contribution in [2.45, 2.75) is 11.4 Å². The molecule has 0 spiro atoms. The number of nitrogens with one attached hydrogen (secondary N) is 2. The van der Waals surface area contributed by atoms with Gasteiger partial charge in [0.05, 0.1) is 26.5 Å². The van der Waals surface area contributed by atoms with Gasteiger partial charge in [-0.25, -0.2) is 13.1 Å². The highest BCUT2D eigenvalue weighted by Gasteiger charge is 2.20. The van der Waals surface area contributed by atoms with E-state index in [0.717, 1.165) is 0 Å². The van der Waals surface area contributed by atoms with Crippen LogP contribution in [0.5, 0.6) is 5.75 Å². The van der Waals surface area contributed by atoms with Crippen LogP contribution >= 0.6 is 11.6 Å². The van der Waals surface area contributed by atoms with E-state index in [9.17, 15) is 13.2 Å². The summed E-state index contributed by atoms with van der Waals surface area (Å²) in [5.41, 5.74) is 0. The molecule has 0 saturated carbocycles. The number of halogens is 1. The average molecular weight is 359 g/mol. The summed E-state index contributed by atoms with van der Waals surface area (Å²) in [6, 6.07) is 7.59. The van der Waals surface area contributed by atoms with Crippen molar-refractivity contribution < 1.29 is 22.4 Å². The Balaban J connectivity index is 1.98. The molecule has 2 rings (SSSR count). The first-order chi connectivity index (χ1) is 10.9. The molecule has 7 nitrogen and oxygen atoms in total. The number of ether oxygens (including phenoxy) is 1. The second kappa shape index (κ2) is 7.49. The van der Waals surface area contributed by atoms with Gasteiger partial charge in [0.15, 0.2) is 0 Å². The minimum atomic E-state index is -3.94. The lowest BCUT2D eigenvalue weighted by Gasteiger charge is -2.11. The lowest BCUT2D eigenvalue weighted by molar-refractivity contribution is -0.120. The third kappa shape index (κ3) is 4.72. The SMILES string of the molecule is COc1ccc(Cl)cc1S(=O)(=O)NCC(=O)NCc1ccco1. The van der Waals surface area contributed by atoms with Gasteiger partial charge < -0.3 is 14.5 Å². The van der Waals surface area contributed by atoms with Gasteiger partial charge in [0.1, 0.15) is 16.4 Å². The van der Waals surface area contributed by atoms with E-state index in [1.165, 1.54) is 31.6 Å². The maximum atomic E-state index is 12.3. The van der Waals surface area contributed by atoms with Gasteiger partial charge in [-0.2, -0.15) is 0 Å². The van der Waals surface area contributed by atoms with E-state index in [2.05, 4.69) is 10.0 Å². The zero-order valence-electron chi connectivity index (χ0n) is 12.2. The number of carbonyl (C=O) groups excluding carboxylic acids is 1. The van der Waals surface area contributed by atoms with Crippen LogP contribution in [0.25, 0.3) is 0 Å². The maximum Gasteiger partial charge on any atom is 0.244 e. The molecular formula is C14H15ClN2O5S. The van der Waals surface area contributed by atoms with Crippen molar-refractivity contribution in [3.63, 3.8) is 0 Å². The number of rotatable bonds is 7. The third-order valence-corrected chi connectivity index (χ3v) is 4.54. The Hall–Kier alpha value is -2.03. The summed E-state index contributed by atoms with van der Waals surface area (Å²) >= 11 is 5.81. The Morgan fingerprint density at radius 3 is 2.78 bits per heavy atom. The molecule has 0 unspecified atom stereocenters. The second-order valence-electron chi connectivity index (χ2n) is 4.48. The van der Waals surface area contributed by atoms with Gasteiger partial charge in [-0.05, 0) is 30.3 Å². The van der Waals surface area contributed by atoms with Crippen LogP contribution in [0.3, 0.4) is 0 Å². The Bertz CT molecular complexity index is 774. The van der Waals surface area contributed by atoms with Crippen LogP contribution < -0.4 is 14.8 Å². The number of carbonyl (C=O) groups is 1. The van der Waals surface area contributed by atoms with E-state index in [0.29, 0.717) is 5.76 Å². The molecule has 0 aliphatic carbocycles. The number of hydrogen-bond acceptors (Lipinski definition) is 5. The summed E-state index contributed by atoms with van der Waals surface area (Å²) in [6.07, 6.45) is 1.48. The molecule has 0 atom stereocenters. The van der Waals surface area contributed by atoms with Crippen molar-refractivity contribution in [2.24, 2.45) is 0 Å². The number of sulfonamides is 1. The molecule has 0 aliphatic heterocycles. The Labute approximate surface area is 138 Å². The molecule has 9 heteroatoms. The summed E-state index contributed by atoms with van der Waals surface area (Å²) < 4.78 is 36.8.